The van der Waals surface area contributed by atoms with Crippen LogP contribution in [0, 0.1) is 17.4 Å². The SMILES string of the molecule is N#C[C@@H]1CCCN1C(=O)CNC(=O)c1c[nH]c2c[c-]ccc12.[Co]. The van der Waals surface area contributed by atoms with Crippen LogP contribution in [0.25, 0.3) is 10.9 Å². The molecular weight excluding hydrogens is 339 g/mol. The zero-order valence-electron chi connectivity index (χ0n) is 12.3. The monoisotopic (exact) mass is 354 g/mol. The van der Waals surface area contributed by atoms with Gasteiger partial charge in [-0.25, -0.2) is 0 Å². The van der Waals surface area contributed by atoms with Crippen molar-refractivity contribution in [2.45, 2.75) is 18.9 Å². The van der Waals surface area contributed by atoms with Gasteiger partial charge in [0.25, 0.3) is 5.91 Å². The smallest absolute Gasteiger partial charge is 0.251 e. The first-order valence-corrected chi connectivity index (χ1v) is 7.15. The standard InChI is InChI=1S/C16H15N4O2.Co/c17-8-11-4-3-7-20(11)15(21)10-19-16(22)13-9-18-14-6-2-1-5-12(13)14;/h1,5-6,9,11,18H,3-4,7,10H2,(H,19,22);/q-1;/t11-;/m0./s1. The van der Waals surface area contributed by atoms with Crippen molar-refractivity contribution < 1.29 is 26.4 Å². The van der Waals surface area contributed by atoms with Gasteiger partial charge in [0.15, 0.2) is 0 Å². The van der Waals surface area contributed by atoms with Crippen LogP contribution in [-0.4, -0.2) is 40.8 Å². The Kier molecular flexibility index (Phi) is 5.42. The molecule has 1 aromatic heterocycles. The summed E-state index contributed by atoms with van der Waals surface area (Å²) >= 11 is 0. The van der Waals surface area contributed by atoms with E-state index >= 15 is 0 Å². The van der Waals surface area contributed by atoms with Crippen molar-refractivity contribution in [1.82, 2.24) is 15.2 Å². The molecule has 3 rings (SSSR count). The Morgan fingerprint density at radius 1 is 1.52 bits per heavy atom. The number of amides is 2. The molecule has 0 spiro atoms. The number of benzene rings is 1. The van der Waals surface area contributed by atoms with Crippen molar-refractivity contribution in [2.75, 3.05) is 13.1 Å². The first kappa shape index (κ1) is 17.1. The summed E-state index contributed by atoms with van der Waals surface area (Å²) in [4.78, 5) is 28.8. The Hall–Kier alpha value is -2.30. The fraction of sp³-hybridized carbons (Fsp3) is 0.312. The summed E-state index contributed by atoms with van der Waals surface area (Å²) in [6.45, 7) is 0.485. The van der Waals surface area contributed by atoms with E-state index in [1.54, 1.807) is 24.4 Å². The number of likely N-dealkylation sites (tertiary alicyclic amines) is 1. The molecule has 6 nitrogen and oxygen atoms in total. The maximum Gasteiger partial charge on any atom is 0.251 e. The zero-order valence-corrected chi connectivity index (χ0v) is 13.3. The van der Waals surface area contributed by atoms with E-state index in [1.165, 1.54) is 4.90 Å². The summed E-state index contributed by atoms with van der Waals surface area (Å²) in [5.74, 6) is -0.524. The minimum Gasteiger partial charge on any atom is -0.413 e. The third kappa shape index (κ3) is 3.38. The van der Waals surface area contributed by atoms with Crippen LogP contribution in [-0.2, 0) is 21.6 Å². The second-order valence-electron chi connectivity index (χ2n) is 5.23. The molecule has 1 atom stereocenters. The van der Waals surface area contributed by atoms with Gasteiger partial charge in [0.2, 0.25) is 5.91 Å². The molecule has 1 aliphatic rings. The van der Waals surface area contributed by atoms with E-state index in [0.717, 1.165) is 17.3 Å². The fourth-order valence-electron chi connectivity index (χ4n) is 2.75. The molecule has 2 heterocycles. The van der Waals surface area contributed by atoms with Gasteiger partial charge in [-0.3, -0.25) is 9.59 Å². The number of aromatic nitrogens is 1. The number of carbonyl (C=O) groups excluding carboxylic acids is 2. The molecule has 0 bridgehead atoms. The fourth-order valence-corrected chi connectivity index (χ4v) is 2.75. The van der Waals surface area contributed by atoms with Crippen LogP contribution >= 0.6 is 0 Å². The summed E-state index contributed by atoms with van der Waals surface area (Å²) in [6.07, 6.45) is 3.15. The second-order valence-corrected chi connectivity index (χ2v) is 5.23. The van der Waals surface area contributed by atoms with Crippen molar-refractivity contribution >= 4 is 22.7 Å². The molecule has 0 aliphatic carbocycles. The van der Waals surface area contributed by atoms with E-state index in [0.29, 0.717) is 18.5 Å². The number of nitriles is 1. The molecule has 2 aromatic rings. The number of hydrogen-bond donors (Lipinski definition) is 2. The van der Waals surface area contributed by atoms with E-state index in [1.807, 2.05) is 0 Å². The topological polar surface area (TPSA) is 89.0 Å². The molecule has 121 valence electrons. The summed E-state index contributed by atoms with van der Waals surface area (Å²) in [5, 5.41) is 12.4. The van der Waals surface area contributed by atoms with Crippen LogP contribution in [0.2, 0.25) is 0 Å². The van der Waals surface area contributed by atoms with Crippen LogP contribution in [0.3, 0.4) is 0 Å². The maximum atomic E-state index is 12.2. The van der Waals surface area contributed by atoms with Gasteiger partial charge in [-0.2, -0.15) is 29.5 Å². The Bertz CT molecular complexity index is 765. The van der Waals surface area contributed by atoms with Gasteiger partial charge in [0.05, 0.1) is 12.6 Å². The van der Waals surface area contributed by atoms with Crippen molar-refractivity contribution in [3.63, 3.8) is 0 Å². The molecule has 23 heavy (non-hydrogen) atoms. The summed E-state index contributed by atoms with van der Waals surface area (Å²) in [6, 6.07) is 9.98. The number of hydrogen-bond acceptors (Lipinski definition) is 3. The number of fused-ring (bicyclic) bond motifs is 1. The van der Waals surface area contributed by atoms with Crippen LogP contribution in [0.1, 0.15) is 23.2 Å². The normalized spacial score (nSPS) is 16.7. The van der Waals surface area contributed by atoms with Crippen LogP contribution in [0.4, 0.5) is 0 Å². The Balaban J connectivity index is 0.00000192. The van der Waals surface area contributed by atoms with Gasteiger partial charge in [0, 0.05) is 35.1 Å². The van der Waals surface area contributed by atoms with Crippen LogP contribution in [0.15, 0.2) is 24.4 Å². The summed E-state index contributed by atoms with van der Waals surface area (Å²) in [7, 11) is 0. The minimum absolute atomic E-state index is 0. The maximum absolute atomic E-state index is 12.2. The Morgan fingerprint density at radius 3 is 3.13 bits per heavy atom. The molecule has 2 N–H and O–H groups in total. The van der Waals surface area contributed by atoms with Gasteiger partial charge in [-0.05, 0) is 12.8 Å². The second kappa shape index (κ2) is 7.31. The number of nitrogens with one attached hydrogen (secondary N) is 2. The third-order valence-electron chi connectivity index (χ3n) is 3.89. The number of nitrogens with zero attached hydrogens (tertiary/aromatic N) is 2. The van der Waals surface area contributed by atoms with Crippen molar-refractivity contribution in [3.05, 3.63) is 36.0 Å². The number of rotatable bonds is 3. The molecule has 0 saturated carbocycles. The molecule has 7 heteroatoms. The van der Waals surface area contributed by atoms with E-state index in [2.05, 4.69) is 22.4 Å². The first-order valence-electron chi connectivity index (χ1n) is 7.15. The Morgan fingerprint density at radius 2 is 2.35 bits per heavy atom. The van der Waals surface area contributed by atoms with Crippen molar-refractivity contribution in [1.29, 1.82) is 5.26 Å². The zero-order chi connectivity index (χ0) is 15.5. The average molecular weight is 354 g/mol. The average Bonchev–Trinajstić information content (AvgIpc) is 3.18. The van der Waals surface area contributed by atoms with E-state index in [4.69, 9.17) is 5.26 Å². The first-order chi connectivity index (χ1) is 10.7. The number of carbonyl (C=O) groups is 2. The van der Waals surface area contributed by atoms with Gasteiger partial charge in [-0.1, -0.05) is 10.9 Å². The number of aromatic amines is 1. The van der Waals surface area contributed by atoms with Gasteiger partial charge < -0.3 is 15.2 Å². The largest absolute Gasteiger partial charge is 0.413 e. The summed E-state index contributed by atoms with van der Waals surface area (Å²) < 4.78 is 0. The van der Waals surface area contributed by atoms with Gasteiger partial charge >= 0.3 is 0 Å². The summed E-state index contributed by atoms with van der Waals surface area (Å²) in [5.41, 5.74) is 1.32. The predicted octanol–water partition coefficient (Wildman–Crippen LogP) is 1.21. The van der Waals surface area contributed by atoms with E-state index < -0.39 is 0 Å². The molecule has 0 unspecified atom stereocenters. The molecule has 1 fully saturated rings. The Labute approximate surface area is 144 Å². The third-order valence-corrected chi connectivity index (χ3v) is 3.89. The van der Waals surface area contributed by atoms with E-state index in [9.17, 15) is 9.59 Å². The molecule has 1 aromatic carbocycles. The molecule has 1 aliphatic heterocycles. The quantitative estimate of drug-likeness (QED) is 0.812. The minimum atomic E-state index is -0.368. The van der Waals surface area contributed by atoms with Gasteiger partial charge in [-0.15, -0.1) is 0 Å². The van der Waals surface area contributed by atoms with E-state index in [-0.39, 0.29) is 41.2 Å². The van der Waals surface area contributed by atoms with Crippen molar-refractivity contribution in [3.8, 4) is 6.07 Å². The molecule has 2 amide bonds. The van der Waals surface area contributed by atoms with Gasteiger partial charge in [0.1, 0.15) is 6.04 Å². The van der Waals surface area contributed by atoms with Crippen molar-refractivity contribution in [2.24, 2.45) is 0 Å². The molecular formula is C16H15CoN4O2-. The van der Waals surface area contributed by atoms with Crippen LogP contribution < -0.4 is 5.32 Å². The predicted molar refractivity (Wildman–Crippen MR) is 79.8 cm³/mol. The molecule has 1 saturated heterocycles. The molecule has 1 radical (unpaired) electrons. The van der Waals surface area contributed by atoms with Crippen LogP contribution in [0.5, 0.6) is 0 Å². The number of H-pyrrole nitrogens is 1.